The molecule has 0 saturated carbocycles. The van der Waals surface area contributed by atoms with E-state index in [1.54, 1.807) is 0 Å². The van der Waals surface area contributed by atoms with E-state index < -0.39 is 0 Å². The number of nitriles is 1. The predicted octanol–water partition coefficient (Wildman–Crippen LogP) is 2.76. The van der Waals surface area contributed by atoms with Crippen LogP contribution >= 0.6 is 0 Å². The van der Waals surface area contributed by atoms with Crippen LogP contribution in [-0.2, 0) is 0 Å². The fourth-order valence-corrected chi connectivity index (χ4v) is 2.53. The van der Waals surface area contributed by atoms with Crippen molar-refractivity contribution in [3.8, 4) is 6.07 Å². The van der Waals surface area contributed by atoms with Gasteiger partial charge in [-0.15, -0.1) is 0 Å². The van der Waals surface area contributed by atoms with E-state index in [-0.39, 0.29) is 0 Å². The molecule has 1 N–H and O–H groups in total. The standard InChI is InChI=1S/C15H21N3/c1-12-6-7-13(10-16)15(9-12)17-11-14-5-3-4-8-18(14)2/h6-7,9,14,17H,3-5,8,11H2,1-2H3. The Morgan fingerprint density at radius 2 is 2.28 bits per heavy atom. The fraction of sp³-hybridized carbons (Fsp3) is 0.533. The third kappa shape index (κ3) is 3.02. The molecule has 1 atom stereocenters. The van der Waals surface area contributed by atoms with E-state index in [0.717, 1.165) is 17.8 Å². The summed E-state index contributed by atoms with van der Waals surface area (Å²) in [5.41, 5.74) is 2.89. The molecular weight excluding hydrogens is 222 g/mol. The Morgan fingerprint density at radius 3 is 3.00 bits per heavy atom. The molecule has 1 aromatic rings. The van der Waals surface area contributed by atoms with E-state index >= 15 is 0 Å². The zero-order valence-electron chi connectivity index (χ0n) is 11.2. The number of hydrogen-bond acceptors (Lipinski definition) is 3. The highest BCUT2D eigenvalue weighted by atomic mass is 15.2. The Labute approximate surface area is 109 Å². The molecule has 1 saturated heterocycles. The highest BCUT2D eigenvalue weighted by Gasteiger charge is 2.18. The van der Waals surface area contributed by atoms with Crippen LogP contribution in [0.1, 0.15) is 30.4 Å². The first-order chi connectivity index (χ1) is 8.70. The van der Waals surface area contributed by atoms with Gasteiger partial charge in [0.1, 0.15) is 6.07 Å². The summed E-state index contributed by atoms with van der Waals surface area (Å²) in [5, 5.41) is 12.5. The minimum atomic E-state index is 0.589. The summed E-state index contributed by atoms with van der Waals surface area (Å²) in [5.74, 6) is 0. The number of likely N-dealkylation sites (N-methyl/N-ethyl adjacent to an activating group) is 1. The van der Waals surface area contributed by atoms with Crippen molar-refractivity contribution in [2.24, 2.45) is 0 Å². The molecule has 18 heavy (non-hydrogen) atoms. The van der Waals surface area contributed by atoms with Gasteiger partial charge in [0, 0.05) is 12.6 Å². The van der Waals surface area contributed by atoms with Gasteiger partial charge < -0.3 is 10.2 Å². The summed E-state index contributed by atoms with van der Waals surface area (Å²) in [6.07, 6.45) is 3.87. The normalized spacial score (nSPS) is 20.4. The lowest BCUT2D eigenvalue weighted by Crippen LogP contribution is -2.40. The molecule has 2 rings (SSSR count). The number of nitrogens with zero attached hydrogens (tertiary/aromatic N) is 2. The van der Waals surface area contributed by atoms with Crippen LogP contribution < -0.4 is 5.32 Å². The van der Waals surface area contributed by atoms with Gasteiger partial charge in [0.05, 0.1) is 11.3 Å². The van der Waals surface area contributed by atoms with Crippen LogP contribution in [0.3, 0.4) is 0 Å². The van der Waals surface area contributed by atoms with Crippen LogP contribution in [0.4, 0.5) is 5.69 Å². The molecule has 3 nitrogen and oxygen atoms in total. The van der Waals surface area contributed by atoms with Gasteiger partial charge in [-0.2, -0.15) is 5.26 Å². The van der Waals surface area contributed by atoms with Gasteiger partial charge in [0.15, 0.2) is 0 Å². The molecule has 0 aromatic heterocycles. The maximum absolute atomic E-state index is 9.10. The van der Waals surface area contributed by atoms with Crippen LogP contribution in [0.25, 0.3) is 0 Å². The van der Waals surface area contributed by atoms with Crippen molar-refractivity contribution >= 4 is 5.69 Å². The first-order valence-corrected chi connectivity index (χ1v) is 6.65. The molecule has 0 amide bonds. The summed E-state index contributed by atoms with van der Waals surface area (Å²) in [4.78, 5) is 2.42. The van der Waals surface area contributed by atoms with E-state index in [1.807, 2.05) is 12.1 Å². The quantitative estimate of drug-likeness (QED) is 0.887. The van der Waals surface area contributed by atoms with Gasteiger partial charge in [0.2, 0.25) is 0 Å². The molecule has 96 valence electrons. The van der Waals surface area contributed by atoms with E-state index in [2.05, 4.69) is 36.3 Å². The monoisotopic (exact) mass is 243 g/mol. The second-order valence-corrected chi connectivity index (χ2v) is 5.17. The number of likely N-dealkylation sites (tertiary alicyclic amines) is 1. The van der Waals surface area contributed by atoms with E-state index in [4.69, 9.17) is 5.26 Å². The summed E-state index contributed by atoms with van der Waals surface area (Å²) >= 11 is 0. The summed E-state index contributed by atoms with van der Waals surface area (Å²) in [7, 11) is 2.19. The molecule has 1 aliphatic rings. The van der Waals surface area contributed by atoms with Gasteiger partial charge in [0.25, 0.3) is 0 Å². The van der Waals surface area contributed by atoms with Gasteiger partial charge in [-0.1, -0.05) is 12.5 Å². The molecule has 0 radical (unpaired) electrons. The zero-order chi connectivity index (χ0) is 13.0. The summed E-state index contributed by atoms with van der Waals surface area (Å²) in [6, 6.07) is 8.76. The van der Waals surface area contributed by atoms with Crippen molar-refractivity contribution in [2.75, 3.05) is 25.5 Å². The van der Waals surface area contributed by atoms with E-state index in [9.17, 15) is 0 Å². The largest absolute Gasteiger partial charge is 0.382 e. The molecule has 1 heterocycles. The van der Waals surface area contributed by atoms with Crippen LogP contribution in [0.2, 0.25) is 0 Å². The number of benzene rings is 1. The third-order valence-electron chi connectivity index (χ3n) is 3.75. The van der Waals surface area contributed by atoms with Crippen LogP contribution in [0.5, 0.6) is 0 Å². The molecular formula is C15H21N3. The highest BCUT2D eigenvalue weighted by Crippen LogP contribution is 2.19. The SMILES string of the molecule is Cc1ccc(C#N)c(NCC2CCCCN2C)c1. The highest BCUT2D eigenvalue weighted by molar-refractivity contribution is 5.58. The Hall–Kier alpha value is -1.53. The maximum Gasteiger partial charge on any atom is 0.101 e. The summed E-state index contributed by atoms with van der Waals surface area (Å²) < 4.78 is 0. The molecule has 0 bridgehead atoms. The summed E-state index contributed by atoms with van der Waals surface area (Å²) in [6.45, 7) is 4.17. The number of piperidine rings is 1. The van der Waals surface area contributed by atoms with Gasteiger partial charge >= 0.3 is 0 Å². The predicted molar refractivity (Wildman–Crippen MR) is 74.7 cm³/mol. The topological polar surface area (TPSA) is 39.1 Å². The maximum atomic E-state index is 9.10. The van der Waals surface area contributed by atoms with Crippen LogP contribution in [-0.4, -0.2) is 31.1 Å². The molecule has 1 aliphatic heterocycles. The van der Waals surface area contributed by atoms with Gasteiger partial charge in [-0.05, 0) is 51.1 Å². The second kappa shape index (κ2) is 5.88. The Morgan fingerprint density at radius 1 is 1.44 bits per heavy atom. The first kappa shape index (κ1) is 12.9. The average Bonchev–Trinajstić information content (AvgIpc) is 2.38. The van der Waals surface area contributed by atoms with Crippen molar-refractivity contribution in [3.63, 3.8) is 0 Å². The number of nitrogens with one attached hydrogen (secondary N) is 1. The number of anilines is 1. The van der Waals surface area contributed by atoms with Gasteiger partial charge in [-0.25, -0.2) is 0 Å². The van der Waals surface area contributed by atoms with Crippen molar-refractivity contribution in [1.29, 1.82) is 5.26 Å². The van der Waals surface area contributed by atoms with E-state index in [0.29, 0.717) is 6.04 Å². The lowest BCUT2D eigenvalue weighted by Gasteiger charge is -2.32. The molecule has 1 fully saturated rings. The van der Waals surface area contributed by atoms with Crippen LogP contribution in [0.15, 0.2) is 18.2 Å². The van der Waals surface area contributed by atoms with Crippen molar-refractivity contribution in [1.82, 2.24) is 4.90 Å². The molecule has 0 spiro atoms. The lowest BCUT2D eigenvalue weighted by atomic mass is 10.0. The smallest absolute Gasteiger partial charge is 0.101 e. The number of hydrogen-bond donors (Lipinski definition) is 1. The Kier molecular flexibility index (Phi) is 4.22. The third-order valence-corrected chi connectivity index (χ3v) is 3.75. The van der Waals surface area contributed by atoms with Crippen LogP contribution in [0, 0.1) is 18.3 Å². The number of rotatable bonds is 3. The first-order valence-electron chi connectivity index (χ1n) is 6.65. The Bertz CT molecular complexity index is 448. The lowest BCUT2D eigenvalue weighted by molar-refractivity contribution is 0.194. The minimum absolute atomic E-state index is 0.589. The number of aryl methyl sites for hydroxylation is 1. The average molecular weight is 243 g/mol. The van der Waals surface area contributed by atoms with E-state index in [1.165, 1.54) is 31.4 Å². The Balaban J connectivity index is 2.01. The fourth-order valence-electron chi connectivity index (χ4n) is 2.53. The second-order valence-electron chi connectivity index (χ2n) is 5.17. The van der Waals surface area contributed by atoms with Crippen molar-refractivity contribution < 1.29 is 0 Å². The van der Waals surface area contributed by atoms with Crippen molar-refractivity contribution in [3.05, 3.63) is 29.3 Å². The zero-order valence-corrected chi connectivity index (χ0v) is 11.2. The molecule has 1 aromatic carbocycles. The van der Waals surface area contributed by atoms with Crippen molar-refractivity contribution in [2.45, 2.75) is 32.2 Å². The minimum Gasteiger partial charge on any atom is -0.382 e. The molecule has 1 unspecified atom stereocenters. The molecule has 0 aliphatic carbocycles. The van der Waals surface area contributed by atoms with Gasteiger partial charge in [-0.3, -0.25) is 0 Å². The molecule has 3 heteroatoms.